The highest BCUT2D eigenvalue weighted by Gasteiger charge is 2.22. The molecule has 1 aromatic heterocycles. The summed E-state index contributed by atoms with van der Waals surface area (Å²) in [5.74, 6) is 1.22. The summed E-state index contributed by atoms with van der Waals surface area (Å²) in [5.41, 5.74) is 8.11. The first-order valence-electron chi connectivity index (χ1n) is 7.42. The Morgan fingerprint density at radius 3 is 3.00 bits per heavy atom. The minimum absolute atomic E-state index is 0.110. The van der Waals surface area contributed by atoms with Crippen molar-refractivity contribution in [2.45, 2.75) is 32.4 Å². The van der Waals surface area contributed by atoms with Gasteiger partial charge in [0, 0.05) is 12.7 Å². The average molecular weight is 297 g/mol. The molecular weight excluding hydrogens is 278 g/mol. The van der Waals surface area contributed by atoms with Crippen LogP contribution in [0.5, 0.6) is 11.6 Å². The van der Waals surface area contributed by atoms with E-state index in [1.165, 1.54) is 0 Å². The van der Waals surface area contributed by atoms with Crippen molar-refractivity contribution in [2.24, 2.45) is 0 Å². The van der Waals surface area contributed by atoms with Crippen LogP contribution < -0.4 is 10.5 Å². The van der Waals surface area contributed by atoms with E-state index in [-0.39, 0.29) is 6.10 Å². The van der Waals surface area contributed by atoms with Gasteiger partial charge in [-0.1, -0.05) is 12.1 Å². The highest BCUT2D eigenvalue weighted by molar-refractivity contribution is 5.56. The largest absolute Gasteiger partial charge is 0.439 e. The van der Waals surface area contributed by atoms with Crippen LogP contribution in [0.15, 0.2) is 30.3 Å². The molecule has 1 saturated heterocycles. The van der Waals surface area contributed by atoms with E-state index in [1.807, 2.05) is 35.8 Å². The third-order valence-corrected chi connectivity index (χ3v) is 3.80. The first-order chi connectivity index (χ1) is 10.7. The Morgan fingerprint density at radius 1 is 1.45 bits per heavy atom. The van der Waals surface area contributed by atoms with Gasteiger partial charge in [-0.15, -0.1) is 0 Å². The summed E-state index contributed by atoms with van der Waals surface area (Å²) in [4.78, 5) is 0. The SMILES string of the molecule is Cc1cccc(Oc2c(N)cc(C#N)n2C[C@@H]2CCCO2)c1. The van der Waals surface area contributed by atoms with E-state index in [0.717, 1.165) is 25.0 Å². The summed E-state index contributed by atoms with van der Waals surface area (Å²) in [6.45, 7) is 3.36. The molecular formula is C17H19N3O2. The maximum absolute atomic E-state index is 9.32. The third kappa shape index (κ3) is 2.92. The number of aryl methyl sites for hydroxylation is 1. The van der Waals surface area contributed by atoms with Crippen molar-refractivity contribution >= 4 is 5.69 Å². The molecule has 1 aliphatic rings. The van der Waals surface area contributed by atoms with Gasteiger partial charge in [-0.25, -0.2) is 0 Å². The molecule has 0 saturated carbocycles. The molecule has 2 N–H and O–H groups in total. The number of nitrogens with zero attached hydrogens (tertiary/aromatic N) is 2. The molecule has 5 nitrogen and oxygen atoms in total. The molecule has 3 rings (SSSR count). The zero-order valence-corrected chi connectivity index (χ0v) is 12.6. The fourth-order valence-corrected chi connectivity index (χ4v) is 2.72. The quantitative estimate of drug-likeness (QED) is 0.940. The van der Waals surface area contributed by atoms with Crippen molar-refractivity contribution in [3.8, 4) is 17.7 Å². The van der Waals surface area contributed by atoms with Crippen LogP contribution in [0.3, 0.4) is 0 Å². The number of hydrogen-bond acceptors (Lipinski definition) is 4. The first kappa shape index (κ1) is 14.5. The lowest BCUT2D eigenvalue weighted by Crippen LogP contribution is -2.16. The van der Waals surface area contributed by atoms with Crippen LogP contribution in [-0.2, 0) is 11.3 Å². The Bertz CT molecular complexity index is 709. The number of nitriles is 1. The highest BCUT2D eigenvalue weighted by atomic mass is 16.5. The Balaban J connectivity index is 1.92. The smallest absolute Gasteiger partial charge is 0.224 e. The minimum atomic E-state index is 0.110. The molecule has 1 aliphatic heterocycles. The molecule has 0 radical (unpaired) electrons. The molecule has 114 valence electrons. The molecule has 1 aromatic carbocycles. The minimum Gasteiger partial charge on any atom is -0.439 e. The van der Waals surface area contributed by atoms with Gasteiger partial charge in [0.25, 0.3) is 0 Å². The number of rotatable bonds is 4. The number of anilines is 1. The van der Waals surface area contributed by atoms with Gasteiger partial charge >= 0.3 is 0 Å². The van der Waals surface area contributed by atoms with E-state index in [0.29, 0.717) is 29.6 Å². The molecule has 0 amide bonds. The van der Waals surface area contributed by atoms with Crippen LogP contribution in [0.4, 0.5) is 5.69 Å². The molecule has 1 atom stereocenters. The van der Waals surface area contributed by atoms with Gasteiger partial charge in [-0.2, -0.15) is 5.26 Å². The van der Waals surface area contributed by atoms with E-state index < -0.39 is 0 Å². The van der Waals surface area contributed by atoms with Crippen molar-refractivity contribution in [3.05, 3.63) is 41.6 Å². The summed E-state index contributed by atoms with van der Waals surface area (Å²) in [6.07, 6.45) is 2.16. The lowest BCUT2D eigenvalue weighted by atomic mass is 10.2. The molecule has 0 spiro atoms. The molecule has 2 aromatic rings. The van der Waals surface area contributed by atoms with E-state index in [2.05, 4.69) is 6.07 Å². The number of nitrogens with two attached hydrogens (primary N) is 1. The van der Waals surface area contributed by atoms with Crippen LogP contribution in [0.2, 0.25) is 0 Å². The Kier molecular flexibility index (Phi) is 4.03. The van der Waals surface area contributed by atoms with Crippen molar-refractivity contribution in [1.29, 1.82) is 5.26 Å². The number of ether oxygens (including phenoxy) is 2. The Morgan fingerprint density at radius 2 is 2.32 bits per heavy atom. The fourth-order valence-electron chi connectivity index (χ4n) is 2.72. The van der Waals surface area contributed by atoms with Crippen molar-refractivity contribution in [1.82, 2.24) is 4.57 Å². The van der Waals surface area contributed by atoms with E-state index in [1.54, 1.807) is 6.07 Å². The monoisotopic (exact) mass is 297 g/mol. The summed E-state index contributed by atoms with van der Waals surface area (Å²) < 4.78 is 13.4. The highest BCUT2D eigenvalue weighted by Crippen LogP contribution is 2.32. The van der Waals surface area contributed by atoms with Gasteiger partial charge in [-0.05, 0) is 37.5 Å². The van der Waals surface area contributed by atoms with Crippen molar-refractivity contribution in [2.75, 3.05) is 12.3 Å². The van der Waals surface area contributed by atoms with Gasteiger partial charge in [0.2, 0.25) is 5.88 Å². The van der Waals surface area contributed by atoms with Crippen LogP contribution in [0.1, 0.15) is 24.1 Å². The number of hydrogen-bond donors (Lipinski definition) is 1. The second-order valence-corrected chi connectivity index (χ2v) is 5.57. The maximum Gasteiger partial charge on any atom is 0.224 e. The second-order valence-electron chi connectivity index (χ2n) is 5.57. The summed E-state index contributed by atoms with van der Waals surface area (Å²) in [7, 11) is 0. The van der Waals surface area contributed by atoms with Gasteiger partial charge in [0.1, 0.15) is 17.5 Å². The van der Waals surface area contributed by atoms with E-state index in [9.17, 15) is 5.26 Å². The molecule has 2 heterocycles. The van der Waals surface area contributed by atoms with Gasteiger partial charge in [0.15, 0.2) is 0 Å². The number of nitrogen functional groups attached to an aromatic ring is 1. The molecule has 22 heavy (non-hydrogen) atoms. The summed E-state index contributed by atoms with van der Waals surface area (Å²) in [5, 5.41) is 9.32. The summed E-state index contributed by atoms with van der Waals surface area (Å²) >= 11 is 0. The Hall–Kier alpha value is -2.45. The Labute approximate surface area is 129 Å². The topological polar surface area (TPSA) is 73.2 Å². The van der Waals surface area contributed by atoms with Gasteiger partial charge < -0.3 is 15.2 Å². The zero-order valence-electron chi connectivity index (χ0n) is 12.6. The van der Waals surface area contributed by atoms with Crippen molar-refractivity contribution < 1.29 is 9.47 Å². The molecule has 1 fully saturated rings. The third-order valence-electron chi connectivity index (χ3n) is 3.80. The van der Waals surface area contributed by atoms with E-state index in [4.69, 9.17) is 15.2 Å². The lowest BCUT2D eigenvalue weighted by Gasteiger charge is -2.16. The maximum atomic E-state index is 9.32. The molecule has 0 aliphatic carbocycles. The predicted molar refractivity (Wildman–Crippen MR) is 83.8 cm³/mol. The average Bonchev–Trinajstić information content (AvgIpc) is 3.10. The zero-order chi connectivity index (χ0) is 15.5. The number of benzene rings is 1. The van der Waals surface area contributed by atoms with E-state index >= 15 is 0 Å². The lowest BCUT2D eigenvalue weighted by molar-refractivity contribution is 0.0952. The van der Waals surface area contributed by atoms with Gasteiger partial charge in [0.05, 0.1) is 18.3 Å². The van der Waals surface area contributed by atoms with Crippen LogP contribution in [0.25, 0.3) is 0 Å². The molecule has 0 bridgehead atoms. The fraction of sp³-hybridized carbons (Fsp3) is 0.353. The molecule has 0 unspecified atom stereocenters. The predicted octanol–water partition coefficient (Wildman–Crippen LogP) is 3.22. The second kappa shape index (κ2) is 6.12. The first-order valence-corrected chi connectivity index (χ1v) is 7.42. The molecule has 5 heteroatoms. The van der Waals surface area contributed by atoms with Crippen LogP contribution >= 0.6 is 0 Å². The summed E-state index contributed by atoms with van der Waals surface area (Å²) in [6, 6.07) is 11.6. The normalized spacial score (nSPS) is 17.4. The van der Waals surface area contributed by atoms with Gasteiger partial charge in [-0.3, -0.25) is 4.57 Å². The number of aromatic nitrogens is 1. The standard InChI is InChI=1S/C17H19N3O2/c1-12-4-2-5-14(8-12)22-17-16(19)9-13(10-18)20(17)11-15-6-3-7-21-15/h2,4-5,8-9,15H,3,6-7,11,19H2,1H3/t15-/m0/s1. The van der Waals surface area contributed by atoms with Crippen LogP contribution in [-0.4, -0.2) is 17.3 Å². The van der Waals surface area contributed by atoms with Crippen molar-refractivity contribution in [3.63, 3.8) is 0 Å². The van der Waals surface area contributed by atoms with Crippen LogP contribution in [0, 0.1) is 18.3 Å².